The highest BCUT2D eigenvalue weighted by Crippen LogP contribution is 2.41. The van der Waals surface area contributed by atoms with Gasteiger partial charge in [-0.3, -0.25) is 4.79 Å². The first-order valence-electron chi connectivity index (χ1n) is 14.0. The molecule has 2 N–H and O–H groups in total. The van der Waals surface area contributed by atoms with Crippen LogP contribution in [0.15, 0.2) is 71.3 Å². The van der Waals surface area contributed by atoms with E-state index < -0.39 is 20.9 Å². The van der Waals surface area contributed by atoms with Gasteiger partial charge in [0, 0.05) is 18.7 Å². The van der Waals surface area contributed by atoms with Crippen LogP contribution in [0.5, 0.6) is 0 Å². The Bertz CT molecular complexity index is 1470. The lowest BCUT2D eigenvalue weighted by Crippen LogP contribution is -2.66. The number of aromatic nitrogens is 1. The molecule has 4 aromatic rings. The molecular weight excluding hydrogens is 537 g/mol. The molecule has 2 atom stereocenters. The van der Waals surface area contributed by atoms with Crippen molar-refractivity contribution in [2.24, 2.45) is 5.73 Å². The largest absolute Gasteiger partial charge is 0.403 e. The molecule has 5 rings (SSSR count). The number of fused-ring (bicyclic) bond motifs is 1. The lowest BCUT2D eigenvalue weighted by molar-refractivity contribution is -0.00538. The molecule has 0 aliphatic carbocycles. The van der Waals surface area contributed by atoms with Crippen molar-refractivity contribution in [2.45, 2.75) is 65.1 Å². The number of nitrogens with two attached hydrogens (primary N) is 1. The van der Waals surface area contributed by atoms with Crippen LogP contribution in [0.3, 0.4) is 0 Å². The Balaban J connectivity index is 1.72. The van der Waals surface area contributed by atoms with Gasteiger partial charge in [0.05, 0.1) is 35.5 Å². The Hall–Kier alpha value is -3.53. The van der Waals surface area contributed by atoms with Gasteiger partial charge in [0.1, 0.15) is 6.67 Å². The maximum Gasteiger partial charge on any atom is 0.271 e. The Morgan fingerprint density at radius 2 is 1.61 bits per heavy atom. The van der Waals surface area contributed by atoms with E-state index in [4.69, 9.17) is 19.4 Å². The summed E-state index contributed by atoms with van der Waals surface area (Å²) in [7, 11) is -2.91. The predicted molar refractivity (Wildman–Crippen MR) is 162 cm³/mol. The summed E-state index contributed by atoms with van der Waals surface area (Å²) in [6.07, 6.45) is -0.105. The number of amides is 1. The number of benzene rings is 3. The highest BCUT2D eigenvalue weighted by molar-refractivity contribution is 6.99. The fourth-order valence-corrected chi connectivity index (χ4v) is 10.8. The molecule has 1 aliphatic rings. The zero-order chi connectivity index (χ0) is 29.4. The van der Waals surface area contributed by atoms with Gasteiger partial charge in [-0.25, -0.2) is 4.39 Å². The highest BCUT2D eigenvalue weighted by atomic mass is 28.4. The van der Waals surface area contributed by atoms with Crippen molar-refractivity contribution < 1.29 is 22.9 Å². The SMILES string of the molecule is CC1CN(c2c(CO[Si](c3ccccc3)(c3ccccc3)C(C)(C)C)cc3c(C(N)=O)noc3c2CF)CC(C)O1. The number of rotatable bonds is 8. The number of carbonyl (C=O) groups is 1. The molecule has 9 heteroatoms. The molecule has 1 aliphatic heterocycles. The van der Waals surface area contributed by atoms with E-state index in [2.05, 4.69) is 55.1 Å². The first kappa shape index (κ1) is 29.0. The molecule has 1 fully saturated rings. The van der Waals surface area contributed by atoms with Crippen LogP contribution in [-0.4, -0.2) is 44.7 Å². The van der Waals surface area contributed by atoms with Gasteiger partial charge in [0.15, 0.2) is 11.3 Å². The number of halogens is 1. The normalized spacial score (nSPS) is 18.1. The smallest absolute Gasteiger partial charge is 0.271 e. The zero-order valence-corrected chi connectivity index (χ0v) is 25.3. The summed E-state index contributed by atoms with van der Waals surface area (Å²) in [5, 5.41) is 6.34. The number of nitrogens with zero attached hydrogens (tertiary/aromatic N) is 2. The number of alkyl halides is 1. The lowest BCUT2D eigenvalue weighted by Gasteiger charge is -2.43. The standard InChI is InChI=1S/C32H38FN3O4Si/c1-21-18-36(19-22(2)39-21)29-23(16-26-28(31(34)37)35-40-30(26)27(29)17-33)20-38-41(32(3,4)5,24-12-8-6-9-13-24)25-14-10-7-11-15-25/h6-16,21-22H,17-20H2,1-5H3,(H2,34,37). The van der Waals surface area contributed by atoms with Crippen LogP contribution < -0.4 is 21.0 Å². The van der Waals surface area contributed by atoms with Crippen molar-refractivity contribution in [1.29, 1.82) is 0 Å². The number of hydrogen-bond donors (Lipinski definition) is 1. The monoisotopic (exact) mass is 575 g/mol. The Labute approximate surface area is 241 Å². The fourth-order valence-electron chi connectivity index (χ4n) is 6.31. The van der Waals surface area contributed by atoms with Gasteiger partial charge in [-0.05, 0) is 35.3 Å². The summed E-state index contributed by atoms with van der Waals surface area (Å²) in [5.41, 5.74) is 7.64. The number of morpholine rings is 1. The summed E-state index contributed by atoms with van der Waals surface area (Å²) in [5.74, 6) is -0.728. The van der Waals surface area contributed by atoms with Crippen molar-refractivity contribution in [3.8, 4) is 0 Å². The topological polar surface area (TPSA) is 90.8 Å². The quantitative estimate of drug-likeness (QED) is 0.295. The van der Waals surface area contributed by atoms with Crippen LogP contribution in [0.2, 0.25) is 5.04 Å². The molecule has 216 valence electrons. The molecule has 0 spiro atoms. The van der Waals surface area contributed by atoms with Crippen molar-refractivity contribution in [3.63, 3.8) is 0 Å². The number of anilines is 1. The van der Waals surface area contributed by atoms with Crippen molar-refractivity contribution in [2.75, 3.05) is 18.0 Å². The van der Waals surface area contributed by atoms with Crippen LogP contribution in [0.25, 0.3) is 11.0 Å². The second-order valence-corrected chi connectivity index (χ2v) is 16.2. The minimum absolute atomic E-state index is 0.0170. The summed E-state index contributed by atoms with van der Waals surface area (Å²) < 4.78 is 33.7. The van der Waals surface area contributed by atoms with Crippen molar-refractivity contribution >= 4 is 41.3 Å². The minimum Gasteiger partial charge on any atom is -0.403 e. The maximum atomic E-state index is 15.0. The average molecular weight is 576 g/mol. The van der Waals surface area contributed by atoms with Crippen LogP contribution in [0.1, 0.15) is 56.2 Å². The minimum atomic E-state index is -2.91. The second-order valence-electron chi connectivity index (χ2n) is 11.9. The van der Waals surface area contributed by atoms with E-state index in [1.165, 1.54) is 0 Å². The van der Waals surface area contributed by atoms with E-state index in [9.17, 15) is 9.18 Å². The third kappa shape index (κ3) is 5.29. The Morgan fingerprint density at radius 3 is 2.10 bits per heavy atom. The van der Waals surface area contributed by atoms with E-state index in [-0.39, 0.29) is 35.1 Å². The van der Waals surface area contributed by atoms with Crippen LogP contribution in [0.4, 0.5) is 10.1 Å². The fraction of sp³-hybridized carbons (Fsp3) is 0.375. The summed E-state index contributed by atoms with van der Waals surface area (Å²) in [4.78, 5) is 14.4. The van der Waals surface area contributed by atoms with Crippen molar-refractivity contribution in [1.82, 2.24) is 5.16 Å². The summed E-state index contributed by atoms with van der Waals surface area (Å²) >= 11 is 0. The second kappa shape index (κ2) is 11.4. The Morgan fingerprint density at radius 1 is 1.05 bits per heavy atom. The summed E-state index contributed by atoms with van der Waals surface area (Å²) in [6.45, 7) is 11.2. The van der Waals surface area contributed by atoms with E-state index in [1.54, 1.807) is 0 Å². The van der Waals surface area contributed by atoms with E-state index in [0.29, 0.717) is 29.7 Å². The maximum absolute atomic E-state index is 15.0. The van der Waals surface area contributed by atoms with Gasteiger partial charge < -0.3 is 24.3 Å². The molecule has 2 unspecified atom stereocenters. The number of hydrogen-bond acceptors (Lipinski definition) is 6. The molecule has 0 bridgehead atoms. The molecule has 2 heterocycles. The number of carbonyl (C=O) groups excluding carboxylic acids is 1. The van der Waals surface area contributed by atoms with E-state index in [1.807, 2.05) is 56.3 Å². The van der Waals surface area contributed by atoms with Gasteiger partial charge >= 0.3 is 0 Å². The molecule has 7 nitrogen and oxygen atoms in total. The Kier molecular flexibility index (Phi) is 8.05. The average Bonchev–Trinajstić information content (AvgIpc) is 3.36. The molecule has 3 aromatic carbocycles. The third-order valence-corrected chi connectivity index (χ3v) is 12.9. The van der Waals surface area contributed by atoms with Gasteiger partial charge in [-0.2, -0.15) is 0 Å². The van der Waals surface area contributed by atoms with Crippen LogP contribution in [0, 0.1) is 0 Å². The lowest BCUT2D eigenvalue weighted by atomic mass is 10.0. The van der Waals surface area contributed by atoms with Gasteiger partial charge in [-0.15, -0.1) is 0 Å². The zero-order valence-electron chi connectivity index (χ0n) is 24.3. The molecule has 1 amide bonds. The third-order valence-electron chi connectivity index (χ3n) is 7.87. The number of primary amides is 1. The highest BCUT2D eigenvalue weighted by Gasteiger charge is 2.50. The molecule has 0 radical (unpaired) electrons. The molecular formula is C32H38FN3O4Si. The molecule has 0 saturated carbocycles. The predicted octanol–water partition coefficient (Wildman–Crippen LogP) is 5.09. The van der Waals surface area contributed by atoms with Crippen molar-refractivity contribution in [3.05, 3.63) is 83.6 Å². The van der Waals surface area contributed by atoms with Crippen LogP contribution in [-0.2, 0) is 22.4 Å². The van der Waals surface area contributed by atoms with E-state index in [0.717, 1.165) is 15.9 Å². The van der Waals surface area contributed by atoms with Crippen LogP contribution >= 0.6 is 0 Å². The van der Waals surface area contributed by atoms with Gasteiger partial charge in [0.2, 0.25) is 0 Å². The first-order chi connectivity index (χ1) is 19.6. The van der Waals surface area contributed by atoms with Gasteiger partial charge in [0.25, 0.3) is 14.2 Å². The van der Waals surface area contributed by atoms with Gasteiger partial charge in [-0.1, -0.05) is 86.6 Å². The number of ether oxygens (including phenoxy) is 1. The van der Waals surface area contributed by atoms with E-state index >= 15 is 0 Å². The summed E-state index contributed by atoms with van der Waals surface area (Å²) in [6, 6.07) is 22.6. The molecule has 1 aromatic heterocycles. The molecule has 41 heavy (non-hydrogen) atoms. The first-order valence-corrected chi connectivity index (χ1v) is 15.9. The molecule has 1 saturated heterocycles.